The van der Waals surface area contributed by atoms with E-state index in [-0.39, 0.29) is 17.4 Å². The Balaban J connectivity index is 0.000000927. The summed E-state index contributed by atoms with van der Waals surface area (Å²) < 4.78 is 10.3. The van der Waals surface area contributed by atoms with Crippen LogP contribution in [-0.2, 0) is 40.1 Å². The largest absolute Gasteiger partial charge is 0.379 e. The van der Waals surface area contributed by atoms with Gasteiger partial charge in [0.15, 0.2) is 0 Å². The van der Waals surface area contributed by atoms with Gasteiger partial charge in [0.25, 0.3) is 17.7 Å². The molecule has 298 valence electrons. The Hall–Kier alpha value is -4.88. The summed E-state index contributed by atoms with van der Waals surface area (Å²) in [6.07, 6.45) is 4.28. The topological polar surface area (TPSA) is 121 Å². The fourth-order valence-corrected chi connectivity index (χ4v) is 7.60. The van der Waals surface area contributed by atoms with Gasteiger partial charge in [-0.05, 0) is 93.5 Å². The molecule has 0 atom stereocenters. The van der Waals surface area contributed by atoms with E-state index in [1.54, 1.807) is 48.2 Å². The number of morpholine rings is 1. The van der Waals surface area contributed by atoms with Crippen molar-refractivity contribution in [1.82, 2.24) is 14.7 Å². The number of methoxy groups -OCH3 is 1. The number of hydrogen-bond acceptors (Lipinski definition) is 8. The molecule has 1 saturated heterocycles. The van der Waals surface area contributed by atoms with Gasteiger partial charge in [-0.3, -0.25) is 24.1 Å². The van der Waals surface area contributed by atoms with Crippen molar-refractivity contribution < 1.29 is 28.7 Å². The molecule has 6 rings (SSSR count). The first-order chi connectivity index (χ1) is 26.9. The Labute approximate surface area is 335 Å². The number of likely N-dealkylation sites (N-methyl/N-ethyl adjacent to an activating group) is 1. The molecule has 0 saturated carbocycles. The van der Waals surface area contributed by atoms with Crippen molar-refractivity contribution >= 4 is 46.2 Å². The van der Waals surface area contributed by atoms with Gasteiger partial charge in [-0.1, -0.05) is 48.5 Å². The molecule has 0 unspecified atom stereocenters. The van der Waals surface area contributed by atoms with Crippen LogP contribution in [0, 0.1) is 0 Å². The molecule has 11 nitrogen and oxygen atoms in total. The number of benzene rings is 3. The SMILES string of the molecule is CN(CCN1CCOCC1)C(=O)c1cccc(C(=O)Nc2sc3c(c2C(=O)Nc2ccc(CCCc4ccccc4)cc2)CCN(C=O)C3)c1.COC(C)(C)C. The number of fused-ring (bicyclic) bond motifs is 1. The molecule has 3 aromatic carbocycles. The number of carbonyl (C=O) groups is 4. The molecule has 1 aromatic heterocycles. The monoisotopic (exact) mass is 781 g/mol. The summed E-state index contributed by atoms with van der Waals surface area (Å²) in [7, 11) is 3.47. The van der Waals surface area contributed by atoms with E-state index in [9.17, 15) is 19.2 Å². The average molecular weight is 782 g/mol. The molecule has 2 aliphatic heterocycles. The lowest BCUT2D eigenvalue weighted by Gasteiger charge is -2.28. The fraction of sp³-hybridized carbons (Fsp3) is 0.409. The molecular weight excluding hydrogens is 727 g/mol. The van der Waals surface area contributed by atoms with E-state index >= 15 is 0 Å². The fourth-order valence-electron chi connectivity index (χ4n) is 6.34. The predicted octanol–water partition coefficient (Wildman–Crippen LogP) is 6.78. The van der Waals surface area contributed by atoms with Crippen molar-refractivity contribution in [2.75, 3.05) is 70.7 Å². The lowest BCUT2D eigenvalue weighted by molar-refractivity contribution is -0.118. The molecule has 4 amide bonds. The molecule has 0 radical (unpaired) electrons. The lowest BCUT2D eigenvalue weighted by atomic mass is 10.0. The molecule has 56 heavy (non-hydrogen) atoms. The molecule has 12 heteroatoms. The minimum Gasteiger partial charge on any atom is -0.379 e. The van der Waals surface area contributed by atoms with E-state index in [1.165, 1.54) is 22.5 Å². The molecule has 4 aromatic rings. The van der Waals surface area contributed by atoms with Crippen molar-refractivity contribution in [3.05, 3.63) is 117 Å². The summed E-state index contributed by atoms with van der Waals surface area (Å²) in [5.41, 5.74) is 5.18. The number of hydrogen-bond donors (Lipinski definition) is 2. The molecule has 0 spiro atoms. The molecule has 3 heterocycles. The van der Waals surface area contributed by atoms with Gasteiger partial charge in [-0.15, -0.1) is 11.3 Å². The van der Waals surface area contributed by atoms with Gasteiger partial charge < -0.3 is 29.9 Å². The normalized spacial score (nSPS) is 14.2. The maximum atomic E-state index is 13.8. The first-order valence-electron chi connectivity index (χ1n) is 19.2. The van der Waals surface area contributed by atoms with Crippen molar-refractivity contribution in [2.45, 2.75) is 58.6 Å². The molecule has 0 bridgehead atoms. The van der Waals surface area contributed by atoms with Gasteiger partial charge in [0.1, 0.15) is 5.00 Å². The van der Waals surface area contributed by atoms with Crippen LogP contribution >= 0.6 is 11.3 Å². The summed E-state index contributed by atoms with van der Waals surface area (Å²) in [5.74, 6) is -0.911. The van der Waals surface area contributed by atoms with Crippen LogP contribution in [0.4, 0.5) is 10.7 Å². The number of amides is 4. The van der Waals surface area contributed by atoms with E-state index in [2.05, 4.69) is 39.8 Å². The van der Waals surface area contributed by atoms with Crippen molar-refractivity contribution in [3.8, 4) is 0 Å². The van der Waals surface area contributed by atoms with Gasteiger partial charge >= 0.3 is 0 Å². The first-order valence-corrected chi connectivity index (χ1v) is 20.1. The highest BCUT2D eigenvalue weighted by Gasteiger charge is 2.29. The zero-order valence-corrected chi connectivity index (χ0v) is 34.1. The maximum Gasteiger partial charge on any atom is 0.258 e. The van der Waals surface area contributed by atoms with E-state index in [4.69, 9.17) is 9.47 Å². The van der Waals surface area contributed by atoms with Gasteiger partial charge in [0.05, 0.1) is 30.9 Å². The summed E-state index contributed by atoms with van der Waals surface area (Å²) in [5, 5.41) is 6.41. The number of nitrogens with zero attached hydrogens (tertiary/aromatic N) is 3. The Bertz CT molecular complexity index is 1920. The average Bonchev–Trinajstić information content (AvgIpc) is 3.58. The summed E-state index contributed by atoms with van der Waals surface area (Å²) >= 11 is 1.31. The van der Waals surface area contributed by atoms with Crippen LogP contribution in [0.15, 0.2) is 78.9 Å². The minimum absolute atomic E-state index is 0.0417. The van der Waals surface area contributed by atoms with Crippen LogP contribution in [0.25, 0.3) is 0 Å². The highest BCUT2D eigenvalue weighted by molar-refractivity contribution is 7.17. The van der Waals surface area contributed by atoms with Crippen molar-refractivity contribution in [3.63, 3.8) is 0 Å². The van der Waals surface area contributed by atoms with Gasteiger partial charge in [-0.25, -0.2) is 0 Å². The summed E-state index contributed by atoms with van der Waals surface area (Å²) in [6.45, 7) is 11.3. The predicted molar refractivity (Wildman–Crippen MR) is 223 cm³/mol. The number of aryl methyl sites for hydroxylation is 2. The maximum absolute atomic E-state index is 13.8. The van der Waals surface area contributed by atoms with Gasteiger partial charge in [0, 0.05) is 68.6 Å². The van der Waals surface area contributed by atoms with Crippen molar-refractivity contribution in [1.29, 1.82) is 0 Å². The van der Waals surface area contributed by atoms with E-state index < -0.39 is 5.91 Å². The molecule has 2 aliphatic rings. The second-order valence-corrected chi connectivity index (χ2v) is 16.2. The second-order valence-electron chi connectivity index (χ2n) is 15.1. The number of carbonyl (C=O) groups excluding carboxylic acids is 4. The van der Waals surface area contributed by atoms with Crippen LogP contribution in [-0.4, -0.2) is 105 Å². The number of thiophene rings is 1. The summed E-state index contributed by atoms with van der Waals surface area (Å²) in [6, 6.07) is 24.9. The van der Waals surface area contributed by atoms with Gasteiger partial charge in [-0.2, -0.15) is 0 Å². The quantitative estimate of drug-likeness (QED) is 0.144. The van der Waals surface area contributed by atoms with Gasteiger partial charge in [0.2, 0.25) is 6.41 Å². The van der Waals surface area contributed by atoms with E-state index in [0.29, 0.717) is 66.6 Å². The lowest BCUT2D eigenvalue weighted by Crippen LogP contribution is -2.41. The molecular formula is C44H55N5O6S. The van der Waals surface area contributed by atoms with Crippen LogP contribution in [0.1, 0.15) is 79.8 Å². The Morgan fingerprint density at radius 3 is 2.20 bits per heavy atom. The Morgan fingerprint density at radius 1 is 0.875 bits per heavy atom. The first kappa shape index (κ1) is 42.3. The third-order valence-electron chi connectivity index (χ3n) is 9.86. The second kappa shape index (κ2) is 20.3. The third-order valence-corrected chi connectivity index (χ3v) is 11.0. The van der Waals surface area contributed by atoms with Crippen LogP contribution in [0.3, 0.4) is 0 Å². The Morgan fingerprint density at radius 2 is 1.54 bits per heavy atom. The van der Waals surface area contributed by atoms with E-state index in [1.807, 2.05) is 51.1 Å². The molecule has 1 fully saturated rings. The highest BCUT2D eigenvalue weighted by Crippen LogP contribution is 2.38. The zero-order valence-electron chi connectivity index (χ0n) is 33.3. The number of anilines is 2. The van der Waals surface area contributed by atoms with Crippen molar-refractivity contribution in [2.24, 2.45) is 0 Å². The molecule has 2 N–H and O–H groups in total. The number of rotatable bonds is 13. The zero-order chi connectivity index (χ0) is 40.1. The smallest absolute Gasteiger partial charge is 0.258 e. The molecule has 0 aliphatic carbocycles. The van der Waals surface area contributed by atoms with Crippen LogP contribution in [0.2, 0.25) is 0 Å². The van der Waals surface area contributed by atoms with E-state index in [0.717, 1.165) is 55.7 Å². The van der Waals surface area contributed by atoms with Crippen LogP contribution < -0.4 is 10.6 Å². The number of nitrogens with one attached hydrogen (secondary N) is 2. The van der Waals surface area contributed by atoms with Crippen LogP contribution in [0.5, 0.6) is 0 Å². The number of ether oxygens (including phenoxy) is 2. The standard InChI is InChI=1S/C39H43N5O5S.C5H12O/c1-42(19-20-43-21-23-49-24-22-43)39(48)31-12-6-11-30(25-31)36(46)41-38-35(33-17-18-44(27-45)26-34(33)50-38)37(47)40-32-15-13-29(14-16-32)10-5-9-28-7-3-2-4-8-28;1-5(2,3)6-4/h2-4,6-8,11-16,25,27H,5,9-10,17-24,26H2,1H3,(H,40,47)(H,41,46);1-4H3. The third kappa shape index (κ3) is 12.3. The summed E-state index contributed by atoms with van der Waals surface area (Å²) in [4.78, 5) is 58.8. The minimum atomic E-state index is -0.421. The Kier molecular flexibility index (Phi) is 15.3. The highest BCUT2D eigenvalue weighted by atomic mass is 32.1.